The molecular formula is C11H8BrNO3S3. The molecule has 0 aromatic carbocycles. The molecule has 1 aliphatic rings. The van der Waals surface area contributed by atoms with Crippen LogP contribution in [0.25, 0.3) is 6.08 Å². The Kier molecular flexibility index (Phi) is 4.77. The molecule has 2 heterocycles. The number of carbonyl (C=O) groups excluding carboxylic acids is 1. The molecule has 1 fully saturated rings. The highest BCUT2D eigenvalue weighted by molar-refractivity contribution is 9.10. The quantitative estimate of drug-likeness (QED) is 0.644. The molecule has 19 heavy (non-hydrogen) atoms. The van der Waals surface area contributed by atoms with Crippen LogP contribution in [0.15, 0.2) is 20.8 Å². The van der Waals surface area contributed by atoms with E-state index in [-0.39, 0.29) is 18.9 Å². The van der Waals surface area contributed by atoms with Gasteiger partial charge in [-0.15, -0.1) is 11.3 Å². The average Bonchev–Trinajstić information content (AvgIpc) is 2.83. The van der Waals surface area contributed by atoms with Gasteiger partial charge in [-0.3, -0.25) is 14.5 Å². The molecule has 0 bridgehead atoms. The Morgan fingerprint density at radius 2 is 2.32 bits per heavy atom. The van der Waals surface area contributed by atoms with Crippen LogP contribution in [0.3, 0.4) is 0 Å². The van der Waals surface area contributed by atoms with Crippen molar-refractivity contribution in [3.63, 3.8) is 0 Å². The number of thiophene rings is 1. The lowest BCUT2D eigenvalue weighted by atomic mass is 10.3. The number of aliphatic carboxylic acids is 1. The zero-order valence-electron chi connectivity index (χ0n) is 9.46. The van der Waals surface area contributed by atoms with Gasteiger partial charge in [0.2, 0.25) is 0 Å². The van der Waals surface area contributed by atoms with Crippen molar-refractivity contribution in [1.82, 2.24) is 4.90 Å². The van der Waals surface area contributed by atoms with Crippen molar-refractivity contribution in [2.24, 2.45) is 0 Å². The van der Waals surface area contributed by atoms with Crippen molar-refractivity contribution >= 4 is 73.5 Å². The molecule has 1 saturated heterocycles. The normalized spacial score (nSPS) is 17.5. The molecule has 0 aliphatic carbocycles. The molecule has 1 aromatic heterocycles. The minimum atomic E-state index is -0.944. The van der Waals surface area contributed by atoms with Crippen molar-refractivity contribution in [3.8, 4) is 0 Å². The molecule has 8 heteroatoms. The van der Waals surface area contributed by atoms with Crippen molar-refractivity contribution in [3.05, 3.63) is 25.7 Å². The lowest BCUT2D eigenvalue weighted by molar-refractivity contribution is -0.137. The van der Waals surface area contributed by atoms with Gasteiger partial charge >= 0.3 is 5.97 Å². The van der Waals surface area contributed by atoms with Gasteiger partial charge in [0.1, 0.15) is 4.32 Å². The molecule has 0 saturated carbocycles. The topological polar surface area (TPSA) is 57.6 Å². The van der Waals surface area contributed by atoms with Crippen LogP contribution in [0.1, 0.15) is 11.3 Å². The monoisotopic (exact) mass is 377 g/mol. The van der Waals surface area contributed by atoms with Gasteiger partial charge in [-0.05, 0) is 28.1 Å². The van der Waals surface area contributed by atoms with Gasteiger partial charge in [0.25, 0.3) is 5.91 Å². The fraction of sp³-hybridized carbons (Fsp3) is 0.182. The number of thioether (sulfide) groups is 1. The van der Waals surface area contributed by atoms with Crippen LogP contribution in [-0.4, -0.2) is 32.7 Å². The molecule has 1 N–H and O–H groups in total. The highest BCUT2D eigenvalue weighted by Crippen LogP contribution is 2.34. The number of carbonyl (C=O) groups is 2. The van der Waals surface area contributed by atoms with Gasteiger partial charge in [0, 0.05) is 21.3 Å². The van der Waals surface area contributed by atoms with Crippen LogP contribution in [0, 0.1) is 0 Å². The van der Waals surface area contributed by atoms with Crippen LogP contribution >= 0.6 is 51.2 Å². The van der Waals surface area contributed by atoms with Gasteiger partial charge in [-0.1, -0.05) is 24.0 Å². The maximum atomic E-state index is 12.1. The number of rotatable bonds is 4. The van der Waals surface area contributed by atoms with Gasteiger partial charge in [0.05, 0.1) is 11.3 Å². The number of thiocarbonyl (C=S) groups is 1. The van der Waals surface area contributed by atoms with E-state index in [0.717, 1.165) is 9.35 Å². The SMILES string of the molecule is O=C(O)CCN1C(=O)C(=Cc2cc(Br)cs2)SC1=S. The first kappa shape index (κ1) is 14.7. The Bertz CT molecular complexity index is 581. The van der Waals surface area contributed by atoms with E-state index in [9.17, 15) is 9.59 Å². The highest BCUT2D eigenvalue weighted by Gasteiger charge is 2.32. The third kappa shape index (κ3) is 3.65. The largest absolute Gasteiger partial charge is 0.481 e. The second-order valence-electron chi connectivity index (χ2n) is 3.64. The Morgan fingerprint density at radius 1 is 1.58 bits per heavy atom. The molecular weight excluding hydrogens is 370 g/mol. The second kappa shape index (κ2) is 6.17. The van der Waals surface area contributed by atoms with Crippen molar-refractivity contribution < 1.29 is 14.7 Å². The lowest BCUT2D eigenvalue weighted by Crippen LogP contribution is -2.30. The zero-order chi connectivity index (χ0) is 14.0. The summed E-state index contributed by atoms with van der Waals surface area (Å²) in [5.41, 5.74) is 0. The van der Waals surface area contributed by atoms with Gasteiger partial charge in [-0.2, -0.15) is 0 Å². The van der Waals surface area contributed by atoms with E-state index in [1.54, 1.807) is 6.08 Å². The molecule has 0 unspecified atom stereocenters. The zero-order valence-corrected chi connectivity index (χ0v) is 13.5. The number of hydrogen-bond donors (Lipinski definition) is 1. The summed E-state index contributed by atoms with van der Waals surface area (Å²) in [6, 6.07) is 1.91. The summed E-state index contributed by atoms with van der Waals surface area (Å²) >= 11 is 11.2. The van der Waals surface area contributed by atoms with E-state index in [2.05, 4.69) is 15.9 Å². The van der Waals surface area contributed by atoms with Crippen LogP contribution < -0.4 is 0 Å². The number of carboxylic acids is 1. The van der Waals surface area contributed by atoms with Crippen LogP contribution in [0.4, 0.5) is 0 Å². The van der Waals surface area contributed by atoms with Gasteiger partial charge < -0.3 is 5.11 Å². The summed E-state index contributed by atoms with van der Waals surface area (Å²) in [4.78, 5) is 25.4. The summed E-state index contributed by atoms with van der Waals surface area (Å²) in [5, 5.41) is 10.6. The number of nitrogens with zero attached hydrogens (tertiary/aromatic N) is 1. The summed E-state index contributed by atoms with van der Waals surface area (Å²) < 4.78 is 1.37. The van der Waals surface area contributed by atoms with E-state index < -0.39 is 5.97 Å². The summed E-state index contributed by atoms with van der Waals surface area (Å²) in [7, 11) is 0. The van der Waals surface area contributed by atoms with Crippen molar-refractivity contribution in [2.75, 3.05) is 6.54 Å². The van der Waals surface area contributed by atoms with Gasteiger partial charge in [0.15, 0.2) is 0 Å². The molecule has 0 spiro atoms. The standard InChI is InChI=1S/C11H8BrNO3S3/c12-6-3-7(18-5-6)4-8-10(16)13(11(17)19-8)2-1-9(14)15/h3-5H,1-2H2,(H,14,15). The van der Waals surface area contributed by atoms with E-state index >= 15 is 0 Å². The molecule has 4 nitrogen and oxygen atoms in total. The minimum Gasteiger partial charge on any atom is -0.481 e. The molecule has 100 valence electrons. The van der Waals surface area contributed by atoms with Crippen LogP contribution in [0.5, 0.6) is 0 Å². The average molecular weight is 378 g/mol. The molecule has 1 aliphatic heterocycles. The Morgan fingerprint density at radius 3 is 2.89 bits per heavy atom. The fourth-order valence-corrected chi connectivity index (χ4v) is 4.18. The fourth-order valence-electron chi connectivity index (χ4n) is 1.43. The van der Waals surface area contributed by atoms with E-state index in [1.807, 2.05) is 11.4 Å². The smallest absolute Gasteiger partial charge is 0.305 e. The van der Waals surface area contributed by atoms with Crippen molar-refractivity contribution in [1.29, 1.82) is 0 Å². The Labute approximate surface area is 131 Å². The van der Waals surface area contributed by atoms with Crippen LogP contribution in [0.2, 0.25) is 0 Å². The molecule has 1 amide bonds. The summed E-state index contributed by atoms with van der Waals surface area (Å²) in [6.45, 7) is 0.117. The molecule has 0 radical (unpaired) electrons. The maximum Gasteiger partial charge on any atom is 0.305 e. The Hall–Kier alpha value is -0.700. The highest BCUT2D eigenvalue weighted by atomic mass is 79.9. The minimum absolute atomic E-state index is 0.107. The second-order valence-corrected chi connectivity index (χ2v) is 7.18. The Balaban J connectivity index is 2.13. The number of hydrogen-bond acceptors (Lipinski definition) is 5. The molecule has 0 atom stereocenters. The summed E-state index contributed by atoms with van der Waals surface area (Å²) in [6.07, 6.45) is 1.67. The number of halogens is 1. The van der Waals surface area contributed by atoms with E-state index in [0.29, 0.717) is 9.23 Å². The van der Waals surface area contributed by atoms with E-state index in [4.69, 9.17) is 17.3 Å². The first-order valence-corrected chi connectivity index (χ1v) is 8.08. The first-order chi connectivity index (χ1) is 8.97. The van der Waals surface area contributed by atoms with E-state index in [1.165, 1.54) is 28.0 Å². The third-order valence-corrected chi connectivity index (χ3v) is 5.30. The number of amides is 1. The number of carboxylic acid groups (broad SMARTS) is 1. The van der Waals surface area contributed by atoms with Gasteiger partial charge in [-0.25, -0.2) is 0 Å². The predicted octanol–water partition coefficient (Wildman–Crippen LogP) is 3.19. The first-order valence-electron chi connectivity index (χ1n) is 5.18. The molecule has 1 aromatic rings. The third-order valence-electron chi connectivity index (χ3n) is 2.28. The lowest BCUT2D eigenvalue weighted by Gasteiger charge is -2.12. The predicted molar refractivity (Wildman–Crippen MR) is 84.2 cm³/mol. The molecule has 2 rings (SSSR count). The van der Waals surface area contributed by atoms with Crippen molar-refractivity contribution in [2.45, 2.75) is 6.42 Å². The summed E-state index contributed by atoms with van der Waals surface area (Å²) in [5.74, 6) is -1.17. The van der Waals surface area contributed by atoms with Crippen LogP contribution in [-0.2, 0) is 9.59 Å². The maximum absolute atomic E-state index is 12.1.